The molecule has 0 aromatic rings. The lowest BCUT2D eigenvalue weighted by atomic mass is 9.98. The molecule has 0 rings (SSSR count). The van der Waals surface area contributed by atoms with Crippen LogP contribution in [0.25, 0.3) is 0 Å². The lowest BCUT2D eigenvalue weighted by molar-refractivity contribution is -0.147. The van der Waals surface area contributed by atoms with Gasteiger partial charge in [-0.15, -0.1) is 0 Å². The van der Waals surface area contributed by atoms with Gasteiger partial charge in [-0.1, -0.05) is 34.1 Å². The first-order valence-electron chi connectivity index (χ1n) is 5.32. The number of amides is 1. The van der Waals surface area contributed by atoms with E-state index in [1.54, 1.807) is 13.8 Å². The molecule has 15 heavy (non-hydrogen) atoms. The van der Waals surface area contributed by atoms with Crippen molar-refractivity contribution in [2.75, 3.05) is 7.11 Å². The van der Waals surface area contributed by atoms with Gasteiger partial charge in [-0.05, 0) is 5.92 Å². The Kier molecular flexibility index (Phi) is 5.97. The highest BCUT2D eigenvalue weighted by Gasteiger charge is 2.27. The highest BCUT2D eigenvalue weighted by molar-refractivity contribution is 5.85. The number of hydrogen-bond acceptors (Lipinski definition) is 3. The van der Waals surface area contributed by atoms with Crippen molar-refractivity contribution in [1.29, 1.82) is 0 Å². The molecule has 0 aromatic heterocycles. The van der Waals surface area contributed by atoms with Gasteiger partial charge < -0.3 is 10.1 Å². The summed E-state index contributed by atoms with van der Waals surface area (Å²) in [6, 6.07) is -0.533. The van der Waals surface area contributed by atoms with Crippen LogP contribution in [0.4, 0.5) is 0 Å². The number of ether oxygens (including phenoxy) is 1. The Bertz CT molecular complexity index is 226. The number of methoxy groups -OCH3 is 1. The molecule has 2 unspecified atom stereocenters. The number of nitrogens with one attached hydrogen (secondary N) is 1. The predicted octanol–water partition coefficient (Wildman–Crippen LogP) is 1.35. The number of carbonyl (C=O) groups is 2. The number of esters is 1. The Balaban J connectivity index is 4.51. The maximum atomic E-state index is 11.5. The molecule has 0 saturated heterocycles. The second-order valence-electron chi connectivity index (χ2n) is 4.05. The molecule has 0 aliphatic carbocycles. The third kappa shape index (κ3) is 4.32. The van der Waals surface area contributed by atoms with Gasteiger partial charge in [-0.2, -0.15) is 0 Å². The zero-order valence-corrected chi connectivity index (χ0v) is 10.2. The Morgan fingerprint density at radius 1 is 1.27 bits per heavy atom. The largest absolute Gasteiger partial charge is 0.467 e. The van der Waals surface area contributed by atoms with Gasteiger partial charge in [0, 0.05) is 5.92 Å². The number of carbonyl (C=O) groups excluding carboxylic acids is 2. The SMILES string of the molecule is CCC(C)C(NC(=O)C(C)C)C(=O)OC. The van der Waals surface area contributed by atoms with Crippen LogP contribution in [0.15, 0.2) is 0 Å². The molecule has 0 spiro atoms. The molecule has 1 N–H and O–H groups in total. The third-order valence-corrected chi connectivity index (χ3v) is 2.49. The molecule has 88 valence electrons. The van der Waals surface area contributed by atoms with Gasteiger partial charge in [0.25, 0.3) is 0 Å². The van der Waals surface area contributed by atoms with E-state index in [1.807, 2.05) is 13.8 Å². The van der Waals surface area contributed by atoms with Gasteiger partial charge in [0.2, 0.25) is 5.91 Å². The minimum atomic E-state index is -0.533. The second kappa shape index (κ2) is 6.43. The second-order valence-corrected chi connectivity index (χ2v) is 4.05. The molecule has 0 radical (unpaired) electrons. The van der Waals surface area contributed by atoms with E-state index in [9.17, 15) is 9.59 Å². The Morgan fingerprint density at radius 3 is 2.13 bits per heavy atom. The lowest BCUT2D eigenvalue weighted by Crippen LogP contribution is -2.47. The van der Waals surface area contributed by atoms with Gasteiger partial charge >= 0.3 is 5.97 Å². The van der Waals surface area contributed by atoms with Crippen LogP contribution < -0.4 is 5.32 Å². The summed E-state index contributed by atoms with van der Waals surface area (Å²) in [7, 11) is 1.33. The molecule has 0 aliphatic rings. The summed E-state index contributed by atoms with van der Waals surface area (Å²) in [4.78, 5) is 22.9. The molecular weight excluding hydrogens is 194 g/mol. The maximum absolute atomic E-state index is 11.5. The van der Waals surface area contributed by atoms with E-state index in [0.29, 0.717) is 0 Å². The smallest absolute Gasteiger partial charge is 0.328 e. The van der Waals surface area contributed by atoms with Crippen molar-refractivity contribution in [3.8, 4) is 0 Å². The van der Waals surface area contributed by atoms with Crippen LogP contribution in [0.3, 0.4) is 0 Å². The van der Waals surface area contributed by atoms with Crippen LogP contribution in [0.5, 0.6) is 0 Å². The Labute approximate surface area is 91.4 Å². The molecule has 0 saturated carbocycles. The summed E-state index contributed by atoms with van der Waals surface area (Å²) in [5.41, 5.74) is 0. The number of rotatable bonds is 5. The molecule has 0 heterocycles. The average Bonchev–Trinajstić information content (AvgIpc) is 2.23. The van der Waals surface area contributed by atoms with Gasteiger partial charge in [0.1, 0.15) is 6.04 Å². The topological polar surface area (TPSA) is 55.4 Å². The highest BCUT2D eigenvalue weighted by Crippen LogP contribution is 2.10. The molecule has 0 aliphatic heterocycles. The van der Waals surface area contributed by atoms with Gasteiger partial charge in [0.15, 0.2) is 0 Å². The van der Waals surface area contributed by atoms with E-state index in [-0.39, 0.29) is 23.7 Å². The first-order chi connectivity index (χ1) is 6.93. The minimum Gasteiger partial charge on any atom is -0.467 e. The van der Waals surface area contributed by atoms with E-state index >= 15 is 0 Å². The molecule has 4 heteroatoms. The maximum Gasteiger partial charge on any atom is 0.328 e. The monoisotopic (exact) mass is 215 g/mol. The standard InChI is InChI=1S/C11H21NO3/c1-6-8(4)9(11(14)15-5)12-10(13)7(2)3/h7-9H,6H2,1-5H3,(H,12,13). The van der Waals surface area contributed by atoms with Crippen LogP contribution in [0.1, 0.15) is 34.1 Å². The molecular formula is C11H21NO3. The van der Waals surface area contributed by atoms with Crippen molar-refractivity contribution >= 4 is 11.9 Å². The molecule has 0 aromatic carbocycles. The summed E-state index contributed by atoms with van der Waals surface area (Å²) in [5, 5.41) is 2.70. The van der Waals surface area contributed by atoms with Crippen LogP contribution in [-0.4, -0.2) is 25.0 Å². The fourth-order valence-corrected chi connectivity index (χ4v) is 1.12. The van der Waals surface area contributed by atoms with E-state index in [0.717, 1.165) is 6.42 Å². The first kappa shape index (κ1) is 13.9. The lowest BCUT2D eigenvalue weighted by Gasteiger charge is -2.22. The van der Waals surface area contributed by atoms with E-state index in [2.05, 4.69) is 10.1 Å². The third-order valence-electron chi connectivity index (χ3n) is 2.49. The molecule has 0 bridgehead atoms. The molecule has 4 nitrogen and oxygen atoms in total. The van der Waals surface area contributed by atoms with Crippen molar-refractivity contribution in [3.63, 3.8) is 0 Å². The van der Waals surface area contributed by atoms with Crippen molar-refractivity contribution < 1.29 is 14.3 Å². The molecule has 0 fully saturated rings. The van der Waals surface area contributed by atoms with Gasteiger partial charge in [0.05, 0.1) is 7.11 Å². The predicted molar refractivity (Wildman–Crippen MR) is 58.2 cm³/mol. The minimum absolute atomic E-state index is 0.0835. The van der Waals surface area contributed by atoms with E-state index in [4.69, 9.17) is 0 Å². The normalized spacial score (nSPS) is 14.5. The van der Waals surface area contributed by atoms with Crippen molar-refractivity contribution in [2.45, 2.75) is 40.2 Å². The summed E-state index contributed by atoms with van der Waals surface area (Å²) >= 11 is 0. The Morgan fingerprint density at radius 2 is 1.80 bits per heavy atom. The molecule has 1 amide bonds. The summed E-state index contributed by atoms with van der Waals surface area (Å²) < 4.78 is 4.66. The zero-order valence-electron chi connectivity index (χ0n) is 10.2. The van der Waals surface area contributed by atoms with E-state index < -0.39 is 6.04 Å². The summed E-state index contributed by atoms with van der Waals surface area (Å²) in [5.74, 6) is -0.537. The fraction of sp³-hybridized carbons (Fsp3) is 0.818. The van der Waals surface area contributed by atoms with E-state index in [1.165, 1.54) is 7.11 Å². The van der Waals surface area contributed by atoms with Crippen LogP contribution in [0, 0.1) is 11.8 Å². The van der Waals surface area contributed by atoms with Crippen LogP contribution in [-0.2, 0) is 14.3 Å². The summed E-state index contributed by atoms with van der Waals surface area (Å²) in [6.07, 6.45) is 0.818. The summed E-state index contributed by atoms with van der Waals surface area (Å²) in [6.45, 7) is 7.48. The number of hydrogen-bond donors (Lipinski definition) is 1. The van der Waals surface area contributed by atoms with Gasteiger partial charge in [-0.3, -0.25) is 4.79 Å². The van der Waals surface area contributed by atoms with Crippen LogP contribution >= 0.6 is 0 Å². The Hall–Kier alpha value is -1.06. The van der Waals surface area contributed by atoms with Crippen molar-refractivity contribution in [1.82, 2.24) is 5.32 Å². The van der Waals surface area contributed by atoms with Crippen molar-refractivity contribution in [3.05, 3.63) is 0 Å². The van der Waals surface area contributed by atoms with Crippen molar-refractivity contribution in [2.24, 2.45) is 11.8 Å². The quantitative estimate of drug-likeness (QED) is 0.704. The molecule has 2 atom stereocenters. The zero-order chi connectivity index (χ0) is 12.0. The average molecular weight is 215 g/mol. The van der Waals surface area contributed by atoms with Gasteiger partial charge in [-0.25, -0.2) is 4.79 Å². The fourth-order valence-electron chi connectivity index (χ4n) is 1.12. The highest BCUT2D eigenvalue weighted by atomic mass is 16.5. The first-order valence-corrected chi connectivity index (χ1v) is 5.32. The van der Waals surface area contributed by atoms with Crippen LogP contribution in [0.2, 0.25) is 0 Å².